The fourth-order valence-corrected chi connectivity index (χ4v) is 0.860. The normalized spacial score (nSPS) is 9.00. The highest BCUT2D eigenvalue weighted by molar-refractivity contribution is 7.80. The van der Waals surface area contributed by atoms with E-state index in [-0.39, 0.29) is 0 Å². The summed E-state index contributed by atoms with van der Waals surface area (Å²) in [5.74, 6) is 1.55. The van der Waals surface area contributed by atoms with Gasteiger partial charge in [-0.05, 0) is 12.1 Å². The zero-order valence-electron chi connectivity index (χ0n) is 6.49. The summed E-state index contributed by atoms with van der Waals surface area (Å²) in [6.07, 6.45) is 1.54. The van der Waals surface area contributed by atoms with Crippen molar-refractivity contribution in [2.45, 2.75) is 0 Å². The van der Waals surface area contributed by atoms with Crippen molar-refractivity contribution in [1.82, 2.24) is 4.98 Å². The number of hydrogen-bond donors (Lipinski definition) is 2. The minimum Gasteiger partial charge on any atom is -0.369 e. The van der Waals surface area contributed by atoms with Gasteiger partial charge in [-0.1, -0.05) is 0 Å². The largest absolute Gasteiger partial charge is 0.369 e. The van der Waals surface area contributed by atoms with Crippen LogP contribution in [0.3, 0.4) is 0 Å². The molecule has 0 amide bonds. The molecule has 0 unspecified atom stereocenters. The lowest BCUT2D eigenvalue weighted by Crippen LogP contribution is -2.03. The van der Waals surface area contributed by atoms with Crippen LogP contribution < -0.4 is 5.32 Å². The molecule has 1 aromatic heterocycles. The van der Waals surface area contributed by atoms with E-state index in [1.165, 1.54) is 0 Å². The van der Waals surface area contributed by atoms with Crippen LogP contribution in [0.2, 0.25) is 0 Å². The van der Waals surface area contributed by atoms with Gasteiger partial charge in [0, 0.05) is 18.5 Å². The van der Waals surface area contributed by atoms with E-state index in [9.17, 15) is 0 Å². The van der Waals surface area contributed by atoms with Crippen molar-refractivity contribution in [2.24, 2.45) is 0 Å². The highest BCUT2D eigenvalue weighted by Gasteiger charge is 1.92. The lowest BCUT2D eigenvalue weighted by molar-refractivity contribution is 1.17. The highest BCUT2D eigenvalue weighted by atomic mass is 32.1. The summed E-state index contributed by atoms with van der Waals surface area (Å²) < 4.78 is 0. The number of thiol groups is 1. The van der Waals surface area contributed by atoms with Gasteiger partial charge in [0.2, 0.25) is 0 Å². The van der Waals surface area contributed by atoms with Crippen LogP contribution in [0.1, 0.15) is 5.56 Å². The van der Waals surface area contributed by atoms with E-state index in [0.29, 0.717) is 5.56 Å². The van der Waals surface area contributed by atoms with Gasteiger partial charge in [-0.25, -0.2) is 4.98 Å². The molecule has 0 aliphatic rings. The Hall–Kier alpha value is -1.21. The van der Waals surface area contributed by atoms with Crippen LogP contribution in [-0.4, -0.2) is 17.3 Å². The van der Waals surface area contributed by atoms with Gasteiger partial charge in [0.25, 0.3) is 0 Å². The Morgan fingerprint density at radius 3 is 2.92 bits per heavy atom. The van der Waals surface area contributed by atoms with Crippen molar-refractivity contribution in [3.05, 3.63) is 23.9 Å². The molecule has 0 saturated carbocycles. The van der Waals surface area contributed by atoms with E-state index in [1.807, 2.05) is 6.07 Å². The van der Waals surface area contributed by atoms with E-state index < -0.39 is 0 Å². The number of nitriles is 1. The molecule has 0 fully saturated rings. The summed E-state index contributed by atoms with van der Waals surface area (Å²) in [6, 6.07) is 5.51. The predicted molar refractivity (Wildman–Crippen MR) is 51.3 cm³/mol. The first-order valence-corrected chi connectivity index (χ1v) is 4.21. The second kappa shape index (κ2) is 4.62. The summed E-state index contributed by atoms with van der Waals surface area (Å²) in [5.41, 5.74) is 0.575. The van der Waals surface area contributed by atoms with Gasteiger partial charge in [-0.2, -0.15) is 17.9 Å². The Kier molecular flexibility index (Phi) is 3.42. The van der Waals surface area contributed by atoms with Crippen LogP contribution in [-0.2, 0) is 0 Å². The number of rotatable bonds is 3. The monoisotopic (exact) mass is 179 g/mol. The second-order valence-corrected chi connectivity index (χ2v) is 2.64. The van der Waals surface area contributed by atoms with Crippen molar-refractivity contribution < 1.29 is 0 Å². The van der Waals surface area contributed by atoms with E-state index in [2.05, 4.69) is 22.9 Å². The number of nitrogens with zero attached hydrogens (tertiary/aromatic N) is 2. The molecule has 4 heteroatoms. The molecule has 0 spiro atoms. The molecule has 0 bridgehead atoms. The fraction of sp³-hybridized carbons (Fsp3) is 0.250. The van der Waals surface area contributed by atoms with Gasteiger partial charge in [0.05, 0.1) is 5.56 Å². The highest BCUT2D eigenvalue weighted by Crippen LogP contribution is 2.02. The fourth-order valence-electron chi connectivity index (χ4n) is 0.749. The molecule has 1 heterocycles. The molecule has 1 aromatic rings. The van der Waals surface area contributed by atoms with Gasteiger partial charge >= 0.3 is 0 Å². The number of anilines is 1. The molecule has 12 heavy (non-hydrogen) atoms. The Bertz CT molecular complexity index is 275. The standard InChI is InChI=1S/C8H9N3S/c9-5-7-1-2-8(11-6-7)10-3-4-12/h1-2,6,12H,3-4H2,(H,10,11). The molecule has 62 valence electrons. The lowest BCUT2D eigenvalue weighted by Gasteiger charge is -2.01. The summed E-state index contributed by atoms with van der Waals surface area (Å²) in [7, 11) is 0. The molecular formula is C8H9N3S. The van der Waals surface area contributed by atoms with E-state index in [4.69, 9.17) is 5.26 Å². The molecule has 0 aromatic carbocycles. The topological polar surface area (TPSA) is 48.7 Å². The number of aromatic nitrogens is 1. The maximum Gasteiger partial charge on any atom is 0.125 e. The molecule has 0 saturated heterocycles. The Labute approximate surface area is 76.8 Å². The van der Waals surface area contributed by atoms with Crippen molar-refractivity contribution >= 4 is 18.4 Å². The molecular weight excluding hydrogens is 170 g/mol. The van der Waals surface area contributed by atoms with Gasteiger partial charge in [-0.3, -0.25) is 0 Å². The van der Waals surface area contributed by atoms with Crippen LogP contribution in [0.5, 0.6) is 0 Å². The molecule has 0 aliphatic heterocycles. The van der Waals surface area contributed by atoms with E-state index >= 15 is 0 Å². The number of pyridine rings is 1. The first kappa shape index (κ1) is 8.88. The average molecular weight is 179 g/mol. The Balaban J connectivity index is 2.60. The third-order valence-electron chi connectivity index (χ3n) is 1.31. The third-order valence-corrected chi connectivity index (χ3v) is 1.53. The molecule has 0 atom stereocenters. The van der Waals surface area contributed by atoms with Crippen LogP contribution in [0, 0.1) is 11.3 Å². The van der Waals surface area contributed by atoms with Crippen LogP contribution in [0.4, 0.5) is 5.82 Å². The van der Waals surface area contributed by atoms with E-state index in [1.54, 1.807) is 18.3 Å². The lowest BCUT2D eigenvalue weighted by atomic mass is 10.3. The molecule has 0 aliphatic carbocycles. The predicted octanol–water partition coefficient (Wildman–Crippen LogP) is 1.29. The molecule has 1 N–H and O–H groups in total. The maximum atomic E-state index is 8.48. The van der Waals surface area contributed by atoms with Crippen molar-refractivity contribution in [3.63, 3.8) is 0 Å². The second-order valence-electron chi connectivity index (χ2n) is 2.19. The zero-order valence-corrected chi connectivity index (χ0v) is 7.38. The van der Waals surface area contributed by atoms with Gasteiger partial charge in [0.1, 0.15) is 11.9 Å². The number of nitrogens with one attached hydrogen (secondary N) is 1. The van der Waals surface area contributed by atoms with Gasteiger partial charge in [-0.15, -0.1) is 0 Å². The Morgan fingerprint density at radius 1 is 1.58 bits per heavy atom. The van der Waals surface area contributed by atoms with Crippen molar-refractivity contribution in [3.8, 4) is 6.07 Å². The number of hydrogen-bond acceptors (Lipinski definition) is 4. The maximum absolute atomic E-state index is 8.48. The molecule has 1 rings (SSSR count). The summed E-state index contributed by atoms with van der Waals surface area (Å²) >= 11 is 4.05. The minimum absolute atomic E-state index is 0.575. The van der Waals surface area contributed by atoms with Crippen LogP contribution in [0.25, 0.3) is 0 Å². The van der Waals surface area contributed by atoms with Crippen LogP contribution >= 0.6 is 12.6 Å². The SMILES string of the molecule is N#Cc1ccc(NCCS)nc1. The summed E-state index contributed by atoms with van der Waals surface area (Å²) in [5, 5.41) is 11.5. The van der Waals surface area contributed by atoms with Gasteiger partial charge < -0.3 is 5.32 Å². The minimum atomic E-state index is 0.575. The van der Waals surface area contributed by atoms with Crippen molar-refractivity contribution in [2.75, 3.05) is 17.6 Å². The first-order valence-electron chi connectivity index (χ1n) is 3.57. The van der Waals surface area contributed by atoms with Crippen molar-refractivity contribution in [1.29, 1.82) is 5.26 Å². The first-order chi connectivity index (χ1) is 5.86. The van der Waals surface area contributed by atoms with Crippen LogP contribution in [0.15, 0.2) is 18.3 Å². The van der Waals surface area contributed by atoms with E-state index in [0.717, 1.165) is 18.1 Å². The summed E-state index contributed by atoms with van der Waals surface area (Å²) in [4.78, 5) is 4.02. The molecule has 0 radical (unpaired) electrons. The molecule has 3 nitrogen and oxygen atoms in total. The quantitative estimate of drug-likeness (QED) is 0.687. The smallest absolute Gasteiger partial charge is 0.125 e. The third kappa shape index (κ3) is 2.44. The summed E-state index contributed by atoms with van der Waals surface area (Å²) in [6.45, 7) is 0.780. The van der Waals surface area contributed by atoms with Gasteiger partial charge in [0.15, 0.2) is 0 Å². The average Bonchev–Trinajstić information content (AvgIpc) is 2.15. The Morgan fingerprint density at radius 2 is 2.42 bits per heavy atom. The zero-order chi connectivity index (χ0) is 8.81.